The lowest BCUT2D eigenvalue weighted by Gasteiger charge is -2.09. The van der Waals surface area contributed by atoms with Gasteiger partial charge in [-0.3, -0.25) is 4.68 Å². The summed E-state index contributed by atoms with van der Waals surface area (Å²) in [5.41, 5.74) is 0.0677. The van der Waals surface area contributed by atoms with Gasteiger partial charge in [-0.1, -0.05) is 46.3 Å². The molecule has 8 heteroatoms. The first kappa shape index (κ1) is 19.6. The van der Waals surface area contributed by atoms with E-state index in [1.807, 2.05) is 0 Å². The van der Waals surface area contributed by atoms with Gasteiger partial charge in [-0.25, -0.2) is 8.78 Å². The Balaban J connectivity index is 1.96. The SMILES string of the molecule is Fc1ccc(Cn2nc3c(C(F)(F)F)cccc3c2-c2ccc(Br)cc2)c(F)c1. The van der Waals surface area contributed by atoms with Gasteiger partial charge in [-0.15, -0.1) is 0 Å². The van der Waals surface area contributed by atoms with Gasteiger partial charge in [0.05, 0.1) is 17.8 Å². The van der Waals surface area contributed by atoms with E-state index in [9.17, 15) is 22.0 Å². The van der Waals surface area contributed by atoms with Gasteiger partial charge in [0.2, 0.25) is 0 Å². The van der Waals surface area contributed by atoms with Crippen LogP contribution in [0.3, 0.4) is 0 Å². The Morgan fingerprint density at radius 3 is 2.31 bits per heavy atom. The van der Waals surface area contributed by atoms with Gasteiger partial charge in [-0.05, 0) is 24.3 Å². The average molecular weight is 467 g/mol. The maximum absolute atomic E-state index is 14.2. The van der Waals surface area contributed by atoms with Crippen molar-refractivity contribution in [1.29, 1.82) is 0 Å². The largest absolute Gasteiger partial charge is 0.418 e. The molecule has 0 aliphatic rings. The lowest BCUT2D eigenvalue weighted by atomic mass is 10.0. The second kappa shape index (κ2) is 7.26. The van der Waals surface area contributed by atoms with Crippen LogP contribution in [0.25, 0.3) is 22.2 Å². The predicted octanol–water partition coefficient (Wildman–Crippen LogP) is 6.81. The number of hydrogen-bond donors (Lipinski definition) is 0. The molecule has 0 amide bonds. The highest BCUT2D eigenvalue weighted by Gasteiger charge is 2.34. The van der Waals surface area contributed by atoms with Crippen LogP contribution in [-0.2, 0) is 12.7 Å². The van der Waals surface area contributed by atoms with E-state index in [0.29, 0.717) is 16.6 Å². The van der Waals surface area contributed by atoms with Gasteiger partial charge >= 0.3 is 6.18 Å². The summed E-state index contributed by atoms with van der Waals surface area (Å²) in [6.07, 6.45) is -4.59. The molecule has 0 spiro atoms. The molecule has 0 atom stereocenters. The number of hydrogen-bond acceptors (Lipinski definition) is 1. The van der Waals surface area contributed by atoms with E-state index >= 15 is 0 Å². The monoisotopic (exact) mass is 466 g/mol. The van der Waals surface area contributed by atoms with Crippen LogP contribution in [0.4, 0.5) is 22.0 Å². The summed E-state index contributed by atoms with van der Waals surface area (Å²) in [6, 6.07) is 13.9. The summed E-state index contributed by atoms with van der Waals surface area (Å²) in [5, 5.41) is 4.46. The fourth-order valence-corrected chi connectivity index (χ4v) is 3.48. The van der Waals surface area contributed by atoms with Crippen molar-refractivity contribution in [2.75, 3.05) is 0 Å². The minimum absolute atomic E-state index is 0.117. The number of aromatic nitrogens is 2. The molecule has 0 radical (unpaired) electrons. The lowest BCUT2D eigenvalue weighted by Crippen LogP contribution is -2.07. The van der Waals surface area contributed by atoms with E-state index in [4.69, 9.17) is 0 Å². The molecule has 148 valence electrons. The summed E-state index contributed by atoms with van der Waals surface area (Å²) in [6.45, 7) is -0.149. The second-order valence-electron chi connectivity index (χ2n) is 6.45. The van der Waals surface area contributed by atoms with Crippen LogP contribution in [0.2, 0.25) is 0 Å². The van der Waals surface area contributed by atoms with Crippen molar-refractivity contribution in [2.24, 2.45) is 0 Å². The normalized spacial score (nSPS) is 11.9. The molecule has 0 fully saturated rings. The molecular weight excluding hydrogens is 455 g/mol. The van der Waals surface area contributed by atoms with Gasteiger partial charge in [0.1, 0.15) is 17.2 Å². The van der Waals surface area contributed by atoms with Crippen molar-refractivity contribution in [3.05, 3.63) is 87.9 Å². The Bertz CT molecular complexity index is 1200. The highest BCUT2D eigenvalue weighted by molar-refractivity contribution is 9.10. The maximum Gasteiger partial charge on any atom is 0.418 e. The van der Waals surface area contributed by atoms with E-state index < -0.39 is 23.4 Å². The highest BCUT2D eigenvalue weighted by Crippen LogP contribution is 2.38. The molecule has 1 heterocycles. The molecule has 0 aliphatic heterocycles. The number of fused-ring (bicyclic) bond motifs is 1. The van der Waals surface area contributed by atoms with Crippen LogP contribution in [0.1, 0.15) is 11.1 Å². The number of alkyl halides is 3. The molecule has 3 aromatic carbocycles. The predicted molar refractivity (Wildman–Crippen MR) is 103 cm³/mol. The zero-order chi connectivity index (χ0) is 20.8. The molecule has 29 heavy (non-hydrogen) atoms. The van der Waals surface area contributed by atoms with Gasteiger partial charge in [-0.2, -0.15) is 18.3 Å². The topological polar surface area (TPSA) is 17.8 Å². The summed E-state index contributed by atoms with van der Waals surface area (Å²) in [5.74, 6) is -1.52. The third-order valence-electron chi connectivity index (χ3n) is 4.53. The molecule has 0 aliphatic carbocycles. The smallest absolute Gasteiger partial charge is 0.259 e. The molecular formula is C21H12BrF5N2. The first-order valence-electron chi connectivity index (χ1n) is 8.50. The van der Waals surface area contributed by atoms with Crippen LogP contribution >= 0.6 is 15.9 Å². The quantitative estimate of drug-likeness (QED) is 0.303. The summed E-state index contributed by atoms with van der Waals surface area (Å²) in [4.78, 5) is 0. The fourth-order valence-electron chi connectivity index (χ4n) is 3.22. The molecule has 4 rings (SSSR count). The molecule has 1 aromatic heterocycles. The third kappa shape index (κ3) is 3.76. The van der Waals surface area contributed by atoms with Crippen LogP contribution in [0, 0.1) is 11.6 Å². The van der Waals surface area contributed by atoms with Crippen LogP contribution in [-0.4, -0.2) is 9.78 Å². The van der Waals surface area contributed by atoms with Crippen LogP contribution in [0.5, 0.6) is 0 Å². The molecule has 0 bridgehead atoms. The number of nitrogens with zero attached hydrogens (tertiary/aromatic N) is 2. The number of rotatable bonds is 3. The fraction of sp³-hybridized carbons (Fsp3) is 0.0952. The van der Waals surface area contributed by atoms with Gasteiger partial charge in [0.25, 0.3) is 0 Å². The van der Waals surface area contributed by atoms with Crippen molar-refractivity contribution in [3.8, 4) is 11.3 Å². The Hall–Kier alpha value is -2.74. The Kier molecular flexibility index (Phi) is 4.90. The average Bonchev–Trinajstić information content (AvgIpc) is 3.02. The first-order chi connectivity index (χ1) is 13.7. The zero-order valence-corrected chi connectivity index (χ0v) is 16.2. The summed E-state index contributed by atoms with van der Waals surface area (Å²) < 4.78 is 70.0. The van der Waals surface area contributed by atoms with Crippen molar-refractivity contribution in [2.45, 2.75) is 12.7 Å². The number of benzene rings is 3. The van der Waals surface area contributed by atoms with Crippen LogP contribution in [0.15, 0.2) is 65.1 Å². The van der Waals surface area contributed by atoms with Crippen molar-refractivity contribution < 1.29 is 22.0 Å². The van der Waals surface area contributed by atoms with Crippen molar-refractivity contribution >= 4 is 26.8 Å². The summed E-state index contributed by atoms with van der Waals surface area (Å²) >= 11 is 3.33. The van der Waals surface area contributed by atoms with Crippen LogP contribution < -0.4 is 0 Å². The van der Waals surface area contributed by atoms with E-state index in [1.54, 1.807) is 30.3 Å². The Morgan fingerprint density at radius 1 is 0.931 bits per heavy atom. The summed E-state index contributed by atoms with van der Waals surface area (Å²) in [7, 11) is 0. The molecule has 0 saturated heterocycles. The second-order valence-corrected chi connectivity index (χ2v) is 7.36. The van der Waals surface area contributed by atoms with Crippen molar-refractivity contribution in [3.63, 3.8) is 0 Å². The van der Waals surface area contributed by atoms with E-state index in [-0.39, 0.29) is 17.6 Å². The maximum atomic E-state index is 14.2. The number of halogens is 6. The molecule has 0 saturated carbocycles. The van der Waals surface area contributed by atoms with E-state index in [1.165, 1.54) is 16.8 Å². The molecule has 2 nitrogen and oxygen atoms in total. The van der Waals surface area contributed by atoms with E-state index in [0.717, 1.165) is 22.7 Å². The minimum atomic E-state index is -4.59. The third-order valence-corrected chi connectivity index (χ3v) is 5.06. The van der Waals surface area contributed by atoms with Gasteiger partial charge in [0, 0.05) is 27.1 Å². The van der Waals surface area contributed by atoms with Gasteiger partial charge < -0.3 is 0 Å². The first-order valence-corrected chi connectivity index (χ1v) is 9.30. The molecule has 0 unspecified atom stereocenters. The Morgan fingerprint density at radius 2 is 1.66 bits per heavy atom. The van der Waals surface area contributed by atoms with E-state index in [2.05, 4.69) is 21.0 Å². The highest BCUT2D eigenvalue weighted by atomic mass is 79.9. The molecule has 4 aromatic rings. The standard InChI is InChI=1S/C21H12BrF5N2/c22-14-7-4-12(5-8-14)20-16-2-1-3-17(21(25,26)27)19(16)28-29(20)11-13-6-9-15(23)10-18(13)24/h1-10H,11H2. The minimum Gasteiger partial charge on any atom is -0.259 e. The molecule has 0 N–H and O–H groups in total. The zero-order valence-electron chi connectivity index (χ0n) is 14.6. The lowest BCUT2D eigenvalue weighted by molar-refractivity contribution is -0.136. The Labute approximate surface area is 170 Å². The van der Waals surface area contributed by atoms with Gasteiger partial charge in [0.15, 0.2) is 0 Å². The van der Waals surface area contributed by atoms with Crippen molar-refractivity contribution in [1.82, 2.24) is 9.78 Å².